The predicted octanol–water partition coefficient (Wildman–Crippen LogP) is 3.89. The molecule has 0 unspecified atom stereocenters. The summed E-state index contributed by atoms with van der Waals surface area (Å²) in [5, 5.41) is 11.7. The number of amides is 1. The number of carbonyl (C=O) groups excluding carboxylic acids is 2. The van der Waals surface area contributed by atoms with Gasteiger partial charge in [-0.25, -0.2) is 4.79 Å². The Morgan fingerprint density at radius 2 is 2.00 bits per heavy atom. The lowest BCUT2D eigenvalue weighted by atomic mass is 10.1. The van der Waals surface area contributed by atoms with Crippen LogP contribution in [0.2, 0.25) is 0 Å². The highest BCUT2D eigenvalue weighted by Crippen LogP contribution is 2.30. The van der Waals surface area contributed by atoms with E-state index in [1.165, 1.54) is 25.3 Å². The molecule has 0 aliphatic heterocycles. The summed E-state index contributed by atoms with van der Waals surface area (Å²) in [5.74, 6) is -0.547. The van der Waals surface area contributed by atoms with E-state index in [0.29, 0.717) is 15.6 Å². The maximum absolute atomic E-state index is 12.4. The summed E-state index contributed by atoms with van der Waals surface area (Å²) in [6.07, 6.45) is 2.94. The number of nitrogens with one attached hydrogen (secondary N) is 1. The van der Waals surface area contributed by atoms with Crippen molar-refractivity contribution in [1.82, 2.24) is 5.32 Å². The molecule has 0 radical (unpaired) electrons. The second-order valence-electron chi connectivity index (χ2n) is 5.45. The van der Waals surface area contributed by atoms with Crippen LogP contribution >= 0.6 is 15.9 Å². The molecule has 0 aromatic heterocycles. The Labute approximate surface area is 171 Å². The molecule has 0 atom stereocenters. The third kappa shape index (κ3) is 5.32. The molecule has 28 heavy (non-hydrogen) atoms. The first-order chi connectivity index (χ1) is 13.5. The Balaban J connectivity index is 2.26. The second-order valence-corrected chi connectivity index (χ2v) is 6.30. The fourth-order valence-corrected chi connectivity index (χ4v) is 2.66. The third-order valence-corrected chi connectivity index (χ3v) is 4.26. The van der Waals surface area contributed by atoms with Gasteiger partial charge in [0.05, 0.1) is 12.7 Å². The highest BCUT2D eigenvalue weighted by Gasteiger charge is 2.15. The van der Waals surface area contributed by atoms with E-state index >= 15 is 0 Å². The van der Waals surface area contributed by atoms with Crippen molar-refractivity contribution in [3.05, 3.63) is 76.3 Å². The zero-order valence-electron chi connectivity index (χ0n) is 15.1. The molecule has 0 bridgehead atoms. The van der Waals surface area contributed by atoms with Crippen molar-refractivity contribution in [3.8, 4) is 17.6 Å². The molecule has 2 aromatic rings. The number of hydrogen-bond donors (Lipinski definition) is 1. The predicted molar refractivity (Wildman–Crippen MR) is 109 cm³/mol. The van der Waals surface area contributed by atoms with Gasteiger partial charge in [-0.15, -0.1) is 6.58 Å². The number of methoxy groups -OCH3 is 1. The zero-order chi connectivity index (χ0) is 20.5. The van der Waals surface area contributed by atoms with E-state index in [9.17, 15) is 14.9 Å². The molecule has 142 valence electrons. The van der Waals surface area contributed by atoms with Crippen LogP contribution in [0, 0.1) is 11.3 Å². The Kier molecular flexibility index (Phi) is 7.55. The van der Waals surface area contributed by atoms with Gasteiger partial charge in [0.15, 0.2) is 11.5 Å². The zero-order valence-corrected chi connectivity index (χ0v) is 16.7. The number of rotatable bonds is 7. The summed E-state index contributed by atoms with van der Waals surface area (Å²) in [5.41, 5.74) is 0.851. The van der Waals surface area contributed by atoms with Crippen LogP contribution in [0.1, 0.15) is 15.9 Å². The molecule has 0 aliphatic carbocycles. The number of nitriles is 1. The lowest BCUT2D eigenvalue weighted by Crippen LogP contribution is -2.24. The van der Waals surface area contributed by atoms with Crippen LogP contribution in [0.5, 0.6) is 11.5 Å². The highest BCUT2D eigenvalue weighted by atomic mass is 79.9. The summed E-state index contributed by atoms with van der Waals surface area (Å²) in [6.45, 7) is 3.76. The van der Waals surface area contributed by atoms with Crippen LogP contribution < -0.4 is 14.8 Å². The van der Waals surface area contributed by atoms with Gasteiger partial charge in [0.2, 0.25) is 0 Å². The average molecular weight is 441 g/mol. The number of halogens is 1. The largest absolute Gasteiger partial charge is 0.493 e. The number of ether oxygens (including phenoxy) is 2. The normalized spacial score (nSPS) is 10.5. The van der Waals surface area contributed by atoms with Crippen molar-refractivity contribution in [2.75, 3.05) is 13.7 Å². The molecule has 0 saturated heterocycles. The molecule has 0 aliphatic rings. The van der Waals surface area contributed by atoms with Gasteiger partial charge < -0.3 is 14.8 Å². The second kappa shape index (κ2) is 10.1. The minimum atomic E-state index is -0.546. The van der Waals surface area contributed by atoms with E-state index in [0.717, 1.165) is 0 Å². The van der Waals surface area contributed by atoms with Crippen molar-refractivity contribution < 1.29 is 19.1 Å². The maximum Gasteiger partial charge on any atom is 0.344 e. The Hall–Kier alpha value is -3.37. The van der Waals surface area contributed by atoms with Gasteiger partial charge in [0.1, 0.15) is 11.6 Å². The van der Waals surface area contributed by atoms with E-state index in [1.807, 2.05) is 6.07 Å². The van der Waals surface area contributed by atoms with Crippen molar-refractivity contribution in [1.29, 1.82) is 5.26 Å². The molecule has 2 aromatic carbocycles. The van der Waals surface area contributed by atoms with Crippen molar-refractivity contribution in [3.63, 3.8) is 0 Å². The lowest BCUT2D eigenvalue weighted by Gasteiger charge is -2.11. The molecule has 1 amide bonds. The lowest BCUT2D eigenvalue weighted by molar-refractivity contribution is -0.116. The Bertz CT molecular complexity index is 977. The van der Waals surface area contributed by atoms with Gasteiger partial charge in [-0.05, 0) is 51.8 Å². The van der Waals surface area contributed by atoms with E-state index in [2.05, 4.69) is 27.8 Å². The molecular weight excluding hydrogens is 424 g/mol. The number of benzene rings is 2. The topological polar surface area (TPSA) is 88.4 Å². The summed E-state index contributed by atoms with van der Waals surface area (Å²) >= 11 is 3.31. The highest BCUT2D eigenvalue weighted by molar-refractivity contribution is 9.10. The monoisotopic (exact) mass is 440 g/mol. The standard InChI is InChI=1S/C21H17BrN2O4/c1-3-10-24-20(25)15(13-23)11-14-8-9-18(19(12-14)27-2)28-21(26)16-6-4-5-7-17(16)22/h3-9,11-12H,1,10H2,2H3,(H,24,25)/b15-11-. The van der Waals surface area contributed by atoms with Crippen LogP contribution in [0.3, 0.4) is 0 Å². The molecular formula is C21H17BrN2O4. The first-order valence-electron chi connectivity index (χ1n) is 8.15. The van der Waals surface area contributed by atoms with Crippen LogP contribution in [-0.2, 0) is 4.79 Å². The van der Waals surface area contributed by atoms with E-state index < -0.39 is 11.9 Å². The van der Waals surface area contributed by atoms with Crippen LogP contribution in [-0.4, -0.2) is 25.5 Å². The van der Waals surface area contributed by atoms with Crippen molar-refractivity contribution in [2.24, 2.45) is 0 Å². The number of esters is 1. The van der Waals surface area contributed by atoms with Gasteiger partial charge in [0.25, 0.3) is 5.91 Å². The fourth-order valence-electron chi connectivity index (χ4n) is 2.22. The van der Waals surface area contributed by atoms with Gasteiger partial charge in [-0.2, -0.15) is 5.26 Å². The van der Waals surface area contributed by atoms with Crippen LogP contribution in [0.4, 0.5) is 0 Å². The number of nitrogens with zero attached hydrogens (tertiary/aromatic N) is 1. The fraction of sp³-hybridized carbons (Fsp3) is 0.0952. The molecule has 1 N–H and O–H groups in total. The molecule has 0 fully saturated rings. The molecule has 0 spiro atoms. The van der Waals surface area contributed by atoms with E-state index in [-0.39, 0.29) is 23.6 Å². The van der Waals surface area contributed by atoms with Gasteiger partial charge in [0, 0.05) is 11.0 Å². The smallest absolute Gasteiger partial charge is 0.344 e. The van der Waals surface area contributed by atoms with Crippen molar-refractivity contribution in [2.45, 2.75) is 0 Å². The SMILES string of the molecule is C=CCNC(=O)/C(C#N)=C\c1ccc(OC(=O)c2ccccc2Br)c(OC)c1. The quantitative estimate of drug-likeness (QED) is 0.232. The third-order valence-electron chi connectivity index (χ3n) is 3.57. The van der Waals surface area contributed by atoms with Gasteiger partial charge in [-0.1, -0.05) is 24.3 Å². The van der Waals surface area contributed by atoms with Crippen LogP contribution in [0.15, 0.2) is 65.2 Å². The first-order valence-corrected chi connectivity index (χ1v) is 8.95. The Morgan fingerprint density at radius 1 is 1.25 bits per heavy atom. The first kappa shape index (κ1) is 20.9. The minimum Gasteiger partial charge on any atom is -0.493 e. The number of carbonyl (C=O) groups is 2. The van der Waals surface area contributed by atoms with E-state index in [1.54, 1.807) is 36.4 Å². The molecule has 2 rings (SSSR count). The Morgan fingerprint density at radius 3 is 2.64 bits per heavy atom. The molecule has 7 heteroatoms. The average Bonchev–Trinajstić information content (AvgIpc) is 2.71. The molecule has 0 heterocycles. The number of hydrogen-bond acceptors (Lipinski definition) is 5. The minimum absolute atomic E-state index is 0.0677. The summed E-state index contributed by atoms with van der Waals surface area (Å²) in [7, 11) is 1.43. The summed E-state index contributed by atoms with van der Waals surface area (Å²) in [4.78, 5) is 24.3. The summed E-state index contributed by atoms with van der Waals surface area (Å²) in [6, 6.07) is 13.5. The molecule has 0 saturated carbocycles. The summed E-state index contributed by atoms with van der Waals surface area (Å²) < 4.78 is 11.3. The van der Waals surface area contributed by atoms with Crippen LogP contribution in [0.25, 0.3) is 6.08 Å². The van der Waals surface area contributed by atoms with Crippen molar-refractivity contribution >= 4 is 33.9 Å². The molecule has 6 nitrogen and oxygen atoms in total. The van der Waals surface area contributed by atoms with Gasteiger partial charge >= 0.3 is 5.97 Å². The van der Waals surface area contributed by atoms with E-state index in [4.69, 9.17) is 9.47 Å². The van der Waals surface area contributed by atoms with Gasteiger partial charge in [-0.3, -0.25) is 4.79 Å². The maximum atomic E-state index is 12.4.